The lowest BCUT2D eigenvalue weighted by Crippen LogP contribution is -2.41. The smallest absolute Gasteiger partial charge is 0.194 e. The summed E-state index contributed by atoms with van der Waals surface area (Å²) in [6, 6.07) is 0. The number of nitrogens with zero attached hydrogens (tertiary/aromatic N) is 6. The SMILES string of the molecule is CCN(CC)CC1CCN(C(=NCc2nnc(C)n2C)NCCCOC)C1. The van der Waals surface area contributed by atoms with E-state index in [4.69, 9.17) is 9.73 Å². The molecule has 0 amide bonds. The van der Waals surface area contributed by atoms with Crippen LogP contribution < -0.4 is 5.32 Å². The van der Waals surface area contributed by atoms with Crippen molar-refractivity contribution in [3.8, 4) is 0 Å². The van der Waals surface area contributed by atoms with Crippen molar-refractivity contribution in [3.05, 3.63) is 11.6 Å². The van der Waals surface area contributed by atoms with Crippen molar-refractivity contribution in [2.24, 2.45) is 18.0 Å². The number of aryl methyl sites for hydroxylation is 1. The topological polar surface area (TPSA) is 70.8 Å². The van der Waals surface area contributed by atoms with E-state index in [9.17, 15) is 0 Å². The zero-order chi connectivity index (χ0) is 19.6. The van der Waals surface area contributed by atoms with Gasteiger partial charge in [-0.05, 0) is 38.8 Å². The van der Waals surface area contributed by atoms with Crippen molar-refractivity contribution < 1.29 is 4.74 Å². The third-order valence-corrected chi connectivity index (χ3v) is 5.36. The van der Waals surface area contributed by atoms with Gasteiger partial charge in [-0.1, -0.05) is 13.8 Å². The molecule has 0 radical (unpaired) electrons. The molecule has 0 aromatic carbocycles. The van der Waals surface area contributed by atoms with Gasteiger partial charge in [0, 0.05) is 46.9 Å². The van der Waals surface area contributed by atoms with E-state index in [1.807, 2.05) is 18.5 Å². The number of rotatable bonds is 10. The second-order valence-corrected chi connectivity index (χ2v) is 7.22. The second-order valence-electron chi connectivity index (χ2n) is 7.22. The van der Waals surface area contributed by atoms with Crippen LogP contribution in [0.1, 0.15) is 38.3 Å². The summed E-state index contributed by atoms with van der Waals surface area (Å²) in [5.41, 5.74) is 0. The Morgan fingerprint density at radius 1 is 1.33 bits per heavy atom. The van der Waals surface area contributed by atoms with Gasteiger partial charge in [0.05, 0.1) is 0 Å². The van der Waals surface area contributed by atoms with Crippen molar-refractivity contribution in [2.75, 3.05) is 53.0 Å². The fourth-order valence-corrected chi connectivity index (χ4v) is 3.44. The number of aromatic nitrogens is 3. The van der Waals surface area contributed by atoms with Gasteiger partial charge in [-0.3, -0.25) is 0 Å². The standard InChI is InChI=1S/C19H37N7O/c1-6-25(7-2)14-17-9-11-26(15-17)19(20-10-8-12-27-5)21-13-18-23-22-16(3)24(18)4/h17H,6-15H2,1-5H3,(H,20,21). The lowest BCUT2D eigenvalue weighted by Gasteiger charge is -2.24. The molecule has 8 heteroatoms. The van der Waals surface area contributed by atoms with Crippen LogP contribution in [0.25, 0.3) is 0 Å². The van der Waals surface area contributed by atoms with Crippen molar-refractivity contribution >= 4 is 5.96 Å². The van der Waals surface area contributed by atoms with E-state index in [1.165, 1.54) is 13.0 Å². The largest absolute Gasteiger partial charge is 0.385 e. The summed E-state index contributed by atoms with van der Waals surface area (Å²) in [7, 11) is 3.73. The molecule has 27 heavy (non-hydrogen) atoms. The van der Waals surface area contributed by atoms with Crippen LogP contribution in [0.2, 0.25) is 0 Å². The van der Waals surface area contributed by atoms with Gasteiger partial charge < -0.3 is 24.4 Å². The highest BCUT2D eigenvalue weighted by molar-refractivity contribution is 5.80. The van der Waals surface area contributed by atoms with Crippen molar-refractivity contribution in [2.45, 2.75) is 40.2 Å². The number of hydrogen-bond donors (Lipinski definition) is 1. The van der Waals surface area contributed by atoms with E-state index >= 15 is 0 Å². The Balaban J connectivity index is 1.99. The molecule has 1 aromatic rings. The number of aliphatic imine (C=N–C) groups is 1. The number of methoxy groups -OCH3 is 1. The average molecular weight is 380 g/mol. The number of hydrogen-bond acceptors (Lipinski definition) is 5. The van der Waals surface area contributed by atoms with E-state index in [2.05, 4.69) is 39.2 Å². The summed E-state index contributed by atoms with van der Waals surface area (Å²) in [6.45, 7) is 14.1. The fraction of sp³-hybridized carbons (Fsp3) is 0.842. The normalized spacial score (nSPS) is 17.9. The highest BCUT2D eigenvalue weighted by Gasteiger charge is 2.26. The third kappa shape index (κ3) is 6.46. The molecule has 1 unspecified atom stereocenters. The molecule has 0 saturated carbocycles. The zero-order valence-electron chi connectivity index (χ0n) is 17.7. The summed E-state index contributed by atoms with van der Waals surface area (Å²) in [6.07, 6.45) is 2.19. The quantitative estimate of drug-likeness (QED) is 0.375. The molecule has 1 aliphatic heterocycles. The fourth-order valence-electron chi connectivity index (χ4n) is 3.44. The average Bonchev–Trinajstić information content (AvgIpc) is 3.27. The number of guanidine groups is 1. The molecule has 1 N–H and O–H groups in total. The van der Waals surface area contributed by atoms with Gasteiger partial charge in [0.1, 0.15) is 12.4 Å². The van der Waals surface area contributed by atoms with E-state index in [-0.39, 0.29) is 0 Å². The minimum Gasteiger partial charge on any atom is -0.385 e. The molecule has 154 valence electrons. The summed E-state index contributed by atoms with van der Waals surface area (Å²) >= 11 is 0. The summed E-state index contributed by atoms with van der Waals surface area (Å²) in [5.74, 6) is 3.49. The molecule has 8 nitrogen and oxygen atoms in total. The maximum Gasteiger partial charge on any atom is 0.194 e. The Kier molecular flexibility index (Phi) is 9.00. The molecule has 0 aliphatic carbocycles. The van der Waals surface area contributed by atoms with E-state index in [0.717, 1.165) is 63.4 Å². The Bertz CT molecular complexity index is 583. The molecule has 1 saturated heterocycles. The third-order valence-electron chi connectivity index (χ3n) is 5.36. The Labute approximate surface area is 164 Å². The first-order valence-electron chi connectivity index (χ1n) is 10.2. The van der Waals surface area contributed by atoms with Gasteiger partial charge in [-0.15, -0.1) is 10.2 Å². The zero-order valence-corrected chi connectivity index (χ0v) is 17.7. The van der Waals surface area contributed by atoms with Gasteiger partial charge >= 0.3 is 0 Å². The van der Waals surface area contributed by atoms with Crippen LogP contribution in [0.3, 0.4) is 0 Å². The number of ether oxygens (including phenoxy) is 1. The molecule has 2 rings (SSSR count). The van der Waals surface area contributed by atoms with E-state index < -0.39 is 0 Å². The van der Waals surface area contributed by atoms with Gasteiger partial charge in [0.25, 0.3) is 0 Å². The van der Waals surface area contributed by atoms with Gasteiger partial charge in [0.15, 0.2) is 11.8 Å². The molecule has 2 heterocycles. The molecule has 1 atom stereocenters. The van der Waals surface area contributed by atoms with Gasteiger partial charge in [-0.2, -0.15) is 0 Å². The molecule has 1 aromatic heterocycles. The van der Waals surface area contributed by atoms with Crippen molar-refractivity contribution in [1.29, 1.82) is 0 Å². The first-order chi connectivity index (χ1) is 13.1. The monoisotopic (exact) mass is 379 g/mol. The predicted molar refractivity (Wildman–Crippen MR) is 109 cm³/mol. The lowest BCUT2D eigenvalue weighted by molar-refractivity contribution is 0.195. The van der Waals surface area contributed by atoms with Gasteiger partial charge in [0.2, 0.25) is 0 Å². The highest BCUT2D eigenvalue weighted by Crippen LogP contribution is 2.18. The second kappa shape index (κ2) is 11.2. The Morgan fingerprint density at radius 2 is 2.11 bits per heavy atom. The van der Waals surface area contributed by atoms with Crippen LogP contribution in [0, 0.1) is 12.8 Å². The Hall–Kier alpha value is -1.67. The summed E-state index contributed by atoms with van der Waals surface area (Å²) in [4.78, 5) is 9.76. The number of likely N-dealkylation sites (tertiary alicyclic amines) is 1. The molecule has 1 fully saturated rings. The maximum absolute atomic E-state index is 5.16. The first-order valence-corrected chi connectivity index (χ1v) is 10.2. The van der Waals surface area contributed by atoms with Crippen LogP contribution in [-0.4, -0.2) is 83.5 Å². The van der Waals surface area contributed by atoms with Crippen LogP contribution in [0.4, 0.5) is 0 Å². The molecule has 1 aliphatic rings. The van der Waals surface area contributed by atoms with Crippen LogP contribution in [-0.2, 0) is 18.3 Å². The predicted octanol–water partition coefficient (Wildman–Crippen LogP) is 1.27. The number of nitrogens with one attached hydrogen (secondary N) is 1. The van der Waals surface area contributed by atoms with E-state index in [0.29, 0.717) is 12.5 Å². The first kappa shape index (κ1) is 21.6. The van der Waals surface area contributed by atoms with Crippen molar-refractivity contribution in [1.82, 2.24) is 29.9 Å². The van der Waals surface area contributed by atoms with Crippen LogP contribution >= 0.6 is 0 Å². The van der Waals surface area contributed by atoms with Crippen molar-refractivity contribution in [3.63, 3.8) is 0 Å². The van der Waals surface area contributed by atoms with Crippen LogP contribution in [0.5, 0.6) is 0 Å². The maximum atomic E-state index is 5.16. The summed E-state index contributed by atoms with van der Waals surface area (Å²) < 4.78 is 7.16. The minimum absolute atomic E-state index is 0.543. The molecular weight excluding hydrogens is 342 g/mol. The molecule has 0 bridgehead atoms. The molecule has 0 spiro atoms. The Morgan fingerprint density at radius 3 is 2.74 bits per heavy atom. The van der Waals surface area contributed by atoms with Crippen LogP contribution in [0.15, 0.2) is 4.99 Å². The van der Waals surface area contributed by atoms with Gasteiger partial charge in [-0.25, -0.2) is 4.99 Å². The lowest BCUT2D eigenvalue weighted by atomic mass is 10.1. The highest BCUT2D eigenvalue weighted by atomic mass is 16.5. The summed E-state index contributed by atoms with van der Waals surface area (Å²) in [5, 5.41) is 11.9. The molecular formula is C19H37N7O. The minimum atomic E-state index is 0.543. The van der Waals surface area contributed by atoms with E-state index in [1.54, 1.807) is 7.11 Å².